The lowest BCUT2D eigenvalue weighted by molar-refractivity contribution is 0.00787. The van der Waals surface area contributed by atoms with Crippen LogP contribution in [0.2, 0.25) is 0 Å². The molecule has 0 heterocycles. The van der Waals surface area contributed by atoms with Gasteiger partial charge in [0, 0.05) is 14.2 Å². The largest absolute Gasteiger partial charge is 0.379 e. The van der Waals surface area contributed by atoms with Crippen molar-refractivity contribution in [2.75, 3.05) is 14.2 Å². The van der Waals surface area contributed by atoms with Crippen molar-refractivity contribution in [3.8, 4) is 0 Å². The molecule has 6 nitrogen and oxygen atoms in total. The number of rotatable bonds is 4. The van der Waals surface area contributed by atoms with Crippen LogP contribution in [0.25, 0.3) is 0 Å². The zero-order chi connectivity index (χ0) is 9.98. The van der Waals surface area contributed by atoms with Crippen LogP contribution in [0.3, 0.4) is 0 Å². The standard InChI is InChI=1S/C6H15NO2.HNO2/c1-5(8-3)7-6(2)9-4;2-1-3/h5-7H,1-4H3;(H,2,3). The highest BCUT2D eigenvalue weighted by Gasteiger charge is 2.01. The number of nitrogens with one attached hydrogen (secondary N) is 1. The zero-order valence-electron chi connectivity index (χ0n) is 7.77. The molecule has 0 aliphatic carbocycles. The third-order valence-corrected chi connectivity index (χ3v) is 1.18. The predicted octanol–water partition coefficient (Wildman–Crippen LogP) is 0.703. The van der Waals surface area contributed by atoms with Crippen LogP contribution in [0.5, 0.6) is 0 Å². The van der Waals surface area contributed by atoms with Gasteiger partial charge in [-0.1, -0.05) is 0 Å². The van der Waals surface area contributed by atoms with Gasteiger partial charge in [0.2, 0.25) is 0 Å². The summed E-state index contributed by atoms with van der Waals surface area (Å²) >= 11 is 0. The lowest BCUT2D eigenvalue weighted by Crippen LogP contribution is -2.36. The molecule has 0 bridgehead atoms. The third-order valence-electron chi connectivity index (χ3n) is 1.18. The van der Waals surface area contributed by atoms with E-state index in [4.69, 9.17) is 19.6 Å². The summed E-state index contributed by atoms with van der Waals surface area (Å²) < 4.78 is 9.86. The summed E-state index contributed by atoms with van der Waals surface area (Å²) in [6.07, 6.45) is 0.111. The van der Waals surface area contributed by atoms with Gasteiger partial charge in [-0.2, -0.15) is 0 Å². The SMILES string of the molecule is COC(C)NC(C)OC.O=NO. The molecule has 0 saturated carbocycles. The van der Waals surface area contributed by atoms with E-state index in [1.807, 2.05) is 13.8 Å². The van der Waals surface area contributed by atoms with Gasteiger partial charge in [0.05, 0.1) is 0 Å². The first-order chi connectivity index (χ1) is 5.62. The predicted molar refractivity (Wildman–Crippen MR) is 43.7 cm³/mol. The molecule has 0 saturated heterocycles. The van der Waals surface area contributed by atoms with E-state index in [1.54, 1.807) is 14.2 Å². The molecule has 0 aromatic heterocycles. The molecule has 0 fully saturated rings. The quantitative estimate of drug-likeness (QED) is 0.378. The van der Waals surface area contributed by atoms with Crippen molar-refractivity contribution >= 4 is 0 Å². The van der Waals surface area contributed by atoms with Crippen molar-refractivity contribution in [1.29, 1.82) is 0 Å². The van der Waals surface area contributed by atoms with Crippen LogP contribution in [0.1, 0.15) is 13.8 Å². The van der Waals surface area contributed by atoms with Gasteiger partial charge in [-0.25, -0.2) is 0 Å². The first-order valence-corrected chi connectivity index (χ1v) is 3.40. The van der Waals surface area contributed by atoms with E-state index in [0.717, 1.165) is 0 Å². The molecule has 2 atom stereocenters. The fourth-order valence-electron chi connectivity index (χ4n) is 0.467. The lowest BCUT2D eigenvalue weighted by atomic mass is 10.5. The number of hydrogen-bond acceptors (Lipinski definition) is 5. The molecule has 0 radical (unpaired) electrons. The highest BCUT2D eigenvalue weighted by molar-refractivity contribution is 4.47. The topological polar surface area (TPSA) is 80.2 Å². The summed E-state index contributed by atoms with van der Waals surface area (Å²) in [7, 11) is 3.31. The average molecular weight is 180 g/mol. The van der Waals surface area contributed by atoms with Crippen molar-refractivity contribution in [3.05, 3.63) is 4.91 Å². The molecule has 74 valence electrons. The van der Waals surface area contributed by atoms with Gasteiger partial charge in [-0.05, 0) is 13.8 Å². The molecule has 0 amide bonds. The van der Waals surface area contributed by atoms with Gasteiger partial charge < -0.3 is 14.7 Å². The zero-order valence-corrected chi connectivity index (χ0v) is 7.77. The van der Waals surface area contributed by atoms with Gasteiger partial charge >= 0.3 is 0 Å². The Labute approximate surface area is 71.8 Å². The van der Waals surface area contributed by atoms with Crippen molar-refractivity contribution in [3.63, 3.8) is 0 Å². The number of ether oxygens (including phenoxy) is 2. The molecule has 6 heteroatoms. The normalized spacial score (nSPS) is 14.0. The number of methoxy groups -OCH3 is 2. The summed E-state index contributed by atoms with van der Waals surface area (Å²) in [5.74, 6) is 0. The van der Waals surface area contributed by atoms with Crippen LogP contribution in [0.4, 0.5) is 0 Å². The van der Waals surface area contributed by atoms with E-state index >= 15 is 0 Å². The Morgan fingerprint density at radius 1 is 1.25 bits per heavy atom. The van der Waals surface area contributed by atoms with E-state index in [2.05, 4.69) is 5.32 Å². The van der Waals surface area contributed by atoms with Crippen LogP contribution in [-0.2, 0) is 9.47 Å². The third kappa shape index (κ3) is 12.0. The van der Waals surface area contributed by atoms with Gasteiger partial charge in [0.25, 0.3) is 0 Å². The molecule has 0 spiro atoms. The second-order valence-corrected chi connectivity index (χ2v) is 2.00. The van der Waals surface area contributed by atoms with E-state index in [9.17, 15) is 0 Å². The fourth-order valence-corrected chi connectivity index (χ4v) is 0.467. The molecule has 2 N–H and O–H groups in total. The minimum absolute atomic E-state index is 0.0555. The summed E-state index contributed by atoms with van der Waals surface area (Å²) in [5.41, 5.74) is 0. The summed E-state index contributed by atoms with van der Waals surface area (Å²) in [6.45, 7) is 3.85. The lowest BCUT2D eigenvalue weighted by Gasteiger charge is -2.16. The second kappa shape index (κ2) is 10.3. The van der Waals surface area contributed by atoms with Gasteiger partial charge in [-0.3, -0.25) is 5.32 Å². The average Bonchev–Trinajstić information content (AvgIpc) is 2.05. The molecule has 12 heavy (non-hydrogen) atoms. The monoisotopic (exact) mass is 180 g/mol. The summed E-state index contributed by atoms with van der Waals surface area (Å²) in [4.78, 5) is 8.11. The van der Waals surface area contributed by atoms with Crippen LogP contribution in [-0.4, -0.2) is 31.9 Å². The Morgan fingerprint density at radius 2 is 1.50 bits per heavy atom. The smallest absolute Gasteiger partial charge is 0.152 e. The molecule has 0 aromatic rings. The van der Waals surface area contributed by atoms with Crippen molar-refractivity contribution in [2.45, 2.75) is 26.3 Å². The Balaban J connectivity index is 0. The Bertz CT molecular complexity index is 93.5. The maximum atomic E-state index is 8.11. The molecular formula is C6H16N2O4. The minimum atomic E-state index is 0.0555. The molecule has 0 rings (SSSR count). The maximum absolute atomic E-state index is 8.11. The van der Waals surface area contributed by atoms with Gasteiger partial charge in [0.15, 0.2) is 5.34 Å². The van der Waals surface area contributed by atoms with Crippen LogP contribution in [0, 0.1) is 4.91 Å². The first kappa shape index (κ1) is 13.8. The van der Waals surface area contributed by atoms with Gasteiger partial charge in [0.1, 0.15) is 12.5 Å². The van der Waals surface area contributed by atoms with Crippen LogP contribution >= 0.6 is 0 Å². The second-order valence-electron chi connectivity index (χ2n) is 2.00. The molecule has 0 aromatic carbocycles. The first-order valence-electron chi connectivity index (χ1n) is 3.40. The van der Waals surface area contributed by atoms with Crippen molar-refractivity contribution in [2.24, 2.45) is 5.34 Å². The van der Waals surface area contributed by atoms with Gasteiger partial charge in [-0.15, -0.1) is 4.91 Å². The number of hydrogen-bond donors (Lipinski definition) is 2. The Hall–Kier alpha value is -0.720. The molecule has 2 unspecified atom stereocenters. The van der Waals surface area contributed by atoms with E-state index in [1.165, 1.54) is 5.34 Å². The summed E-state index contributed by atoms with van der Waals surface area (Å²) in [5, 5.41) is 10.9. The van der Waals surface area contributed by atoms with Crippen molar-refractivity contribution in [1.82, 2.24) is 5.32 Å². The van der Waals surface area contributed by atoms with E-state index in [-0.39, 0.29) is 12.5 Å². The number of nitrogens with zero attached hydrogens (tertiary/aromatic N) is 1. The highest BCUT2D eigenvalue weighted by atomic mass is 16.6. The van der Waals surface area contributed by atoms with Crippen LogP contribution < -0.4 is 5.32 Å². The molecule has 0 aliphatic rings. The Morgan fingerprint density at radius 3 is 1.67 bits per heavy atom. The van der Waals surface area contributed by atoms with E-state index < -0.39 is 0 Å². The molecular weight excluding hydrogens is 164 g/mol. The molecule has 0 aliphatic heterocycles. The summed E-state index contributed by atoms with van der Waals surface area (Å²) in [6, 6.07) is 0. The van der Waals surface area contributed by atoms with Crippen molar-refractivity contribution < 1.29 is 14.7 Å². The fraction of sp³-hybridized carbons (Fsp3) is 1.00. The maximum Gasteiger partial charge on any atom is 0.152 e. The van der Waals surface area contributed by atoms with Crippen LogP contribution in [0.15, 0.2) is 5.34 Å². The Kier molecular flexibility index (Phi) is 11.9. The highest BCUT2D eigenvalue weighted by Crippen LogP contribution is 1.86. The van der Waals surface area contributed by atoms with E-state index in [0.29, 0.717) is 0 Å². The minimum Gasteiger partial charge on any atom is -0.379 e.